The molecule has 1 aliphatic rings. The van der Waals surface area contributed by atoms with Crippen LogP contribution in [0.4, 0.5) is 4.79 Å². The number of nitrogens with one attached hydrogen (secondary N) is 1. The van der Waals surface area contributed by atoms with Crippen molar-refractivity contribution in [2.24, 2.45) is 0 Å². The SMILES string of the molecule is CC(C)N1CCC(NC(=O)Oc2cc(-c3ccc(Cl)s3)nn2Cc2cc(-c3ccc(Cl)s3)on2)CC1. The second-order valence-corrected chi connectivity index (χ2v) is 12.3. The van der Waals surface area contributed by atoms with Crippen LogP contribution in [-0.2, 0) is 6.54 Å². The molecule has 12 heteroatoms. The third-order valence-corrected chi connectivity index (χ3v) is 8.53. The van der Waals surface area contributed by atoms with Gasteiger partial charge in [-0.25, -0.2) is 9.48 Å². The number of hydrogen-bond acceptors (Lipinski definition) is 8. The zero-order valence-corrected chi connectivity index (χ0v) is 22.9. The van der Waals surface area contributed by atoms with Crippen LogP contribution in [0.3, 0.4) is 0 Å². The average molecular weight is 567 g/mol. The van der Waals surface area contributed by atoms with Gasteiger partial charge in [-0.05, 0) is 51.0 Å². The molecule has 1 N–H and O–H groups in total. The average Bonchev–Trinajstić information content (AvgIpc) is 3.63. The number of likely N-dealkylation sites (tertiary alicyclic amines) is 1. The van der Waals surface area contributed by atoms with E-state index in [9.17, 15) is 4.79 Å². The van der Waals surface area contributed by atoms with Gasteiger partial charge >= 0.3 is 6.09 Å². The second kappa shape index (κ2) is 10.9. The number of rotatable bonds is 7. The molecular formula is C24H25Cl2N5O3S2. The van der Waals surface area contributed by atoms with E-state index in [1.807, 2.05) is 30.3 Å². The lowest BCUT2D eigenvalue weighted by Crippen LogP contribution is -2.47. The first-order chi connectivity index (χ1) is 17.3. The summed E-state index contributed by atoms with van der Waals surface area (Å²) in [5.41, 5.74) is 1.30. The number of aromatic nitrogens is 3. The molecule has 4 aromatic heterocycles. The fraction of sp³-hybridized carbons (Fsp3) is 0.375. The number of hydrogen-bond donors (Lipinski definition) is 1. The Morgan fingerprint density at radius 1 is 1.14 bits per heavy atom. The summed E-state index contributed by atoms with van der Waals surface area (Å²) >= 11 is 15.0. The first kappa shape index (κ1) is 25.3. The highest BCUT2D eigenvalue weighted by atomic mass is 35.5. The van der Waals surface area contributed by atoms with Gasteiger partial charge in [-0.15, -0.1) is 22.7 Å². The molecule has 8 nitrogen and oxygen atoms in total. The third-order valence-electron chi connectivity index (χ3n) is 6.03. The Bertz CT molecular complexity index is 1340. The molecule has 0 aliphatic carbocycles. The quantitative estimate of drug-likeness (QED) is 0.270. The number of thiophene rings is 2. The highest BCUT2D eigenvalue weighted by Crippen LogP contribution is 2.34. The summed E-state index contributed by atoms with van der Waals surface area (Å²) in [6.45, 7) is 6.54. The van der Waals surface area contributed by atoms with Gasteiger partial charge in [0, 0.05) is 37.3 Å². The van der Waals surface area contributed by atoms with Crippen molar-refractivity contribution < 1.29 is 14.1 Å². The van der Waals surface area contributed by atoms with Crippen molar-refractivity contribution in [3.05, 3.63) is 50.8 Å². The number of piperidine rings is 1. The number of carbonyl (C=O) groups is 1. The summed E-state index contributed by atoms with van der Waals surface area (Å²) in [5, 5.41) is 11.8. The van der Waals surface area contributed by atoms with Crippen LogP contribution >= 0.6 is 45.9 Å². The summed E-state index contributed by atoms with van der Waals surface area (Å²) < 4.78 is 14.2. The smallest absolute Gasteiger partial charge is 0.392 e. The van der Waals surface area contributed by atoms with Gasteiger partial charge in [0.15, 0.2) is 5.76 Å². The standard InChI is InChI=1S/C24H25Cl2N5O3S2/c1-14(2)30-9-7-15(8-10-30)27-24(32)33-23-12-17(19-3-5-21(25)35-19)28-31(23)13-16-11-18(34-29-16)20-4-6-22(26)36-20/h3-6,11-12,14-15H,7-10,13H2,1-2H3,(H,27,32). The molecule has 5 rings (SSSR count). The normalized spacial score (nSPS) is 15.0. The fourth-order valence-electron chi connectivity index (χ4n) is 4.12. The lowest BCUT2D eigenvalue weighted by atomic mass is 10.0. The van der Waals surface area contributed by atoms with Crippen LogP contribution in [0.2, 0.25) is 8.67 Å². The Balaban J connectivity index is 1.31. The molecule has 1 aliphatic heterocycles. The minimum absolute atomic E-state index is 0.0789. The van der Waals surface area contributed by atoms with Crippen molar-refractivity contribution in [1.82, 2.24) is 25.2 Å². The molecule has 1 amide bonds. The van der Waals surface area contributed by atoms with E-state index < -0.39 is 6.09 Å². The topological polar surface area (TPSA) is 85.4 Å². The minimum Gasteiger partial charge on any atom is -0.392 e. The fourth-order valence-corrected chi connectivity index (χ4v) is 6.11. The molecule has 0 radical (unpaired) electrons. The summed E-state index contributed by atoms with van der Waals surface area (Å²) in [6, 6.07) is 11.6. The van der Waals surface area contributed by atoms with Crippen molar-refractivity contribution >= 4 is 52.0 Å². The molecule has 0 aromatic carbocycles. The predicted molar refractivity (Wildman–Crippen MR) is 143 cm³/mol. The first-order valence-corrected chi connectivity index (χ1v) is 14.0. The third kappa shape index (κ3) is 5.95. The molecule has 0 bridgehead atoms. The van der Waals surface area contributed by atoms with Crippen molar-refractivity contribution in [2.75, 3.05) is 13.1 Å². The van der Waals surface area contributed by atoms with Gasteiger partial charge < -0.3 is 19.5 Å². The summed E-state index contributed by atoms with van der Waals surface area (Å²) in [4.78, 5) is 17.0. The number of ether oxygens (including phenoxy) is 1. The number of amides is 1. The van der Waals surface area contributed by atoms with E-state index in [-0.39, 0.29) is 12.6 Å². The van der Waals surface area contributed by atoms with Gasteiger partial charge in [-0.2, -0.15) is 5.10 Å². The molecule has 0 spiro atoms. The highest BCUT2D eigenvalue weighted by molar-refractivity contribution is 7.19. The molecule has 0 atom stereocenters. The van der Waals surface area contributed by atoms with Gasteiger partial charge in [0.25, 0.3) is 0 Å². The van der Waals surface area contributed by atoms with E-state index in [2.05, 4.69) is 34.3 Å². The largest absolute Gasteiger partial charge is 0.414 e. The zero-order valence-electron chi connectivity index (χ0n) is 19.7. The number of halogens is 2. The van der Waals surface area contributed by atoms with Crippen LogP contribution in [0, 0.1) is 0 Å². The molecule has 5 heterocycles. The maximum Gasteiger partial charge on any atom is 0.414 e. The molecule has 190 valence electrons. The van der Waals surface area contributed by atoms with E-state index in [0.29, 0.717) is 37.7 Å². The number of carbonyl (C=O) groups excluding carboxylic acids is 1. The lowest BCUT2D eigenvalue weighted by molar-refractivity contribution is 0.151. The maximum absolute atomic E-state index is 12.8. The zero-order chi connectivity index (χ0) is 25.2. The summed E-state index contributed by atoms with van der Waals surface area (Å²) in [6.07, 6.45) is 1.28. The van der Waals surface area contributed by atoms with E-state index in [0.717, 1.165) is 35.7 Å². The van der Waals surface area contributed by atoms with Crippen LogP contribution in [0.25, 0.3) is 21.2 Å². The van der Waals surface area contributed by atoms with E-state index in [1.165, 1.54) is 22.7 Å². The van der Waals surface area contributed by atoms with Gasteiger partial charge in [0.05, 0.1) is 25.0 Å². The maximum atomic E-state index is 12.8. The second-order valence-electron chi connectivity index (χ2n) is 8.85. The Morgan fingerprint density at radius 3 is 2.47 bits per heavy atom. The molecule has 1 fully saturated rings. The van der Waals surface area contributed by atoms with Crippen LogP contribution in [-0.4, -0.2) is 51.1 Å². The minimum atomic E-state index is -0.496. The van der Waals surface area contributed by atoms with E-state index >= 15 is 0 Å². The molecule has 0 saturated carbocycles. The van der Waals surface area contributed by atoms with Gasteiger partial charge in [-0.1, -0.05) is 28.4 Å². The Labute approximate surface area is 226 Å². The highest BCUT2D eigenvalue weighted by Gasteiger charge is 2.24. The molecule has 36 heavy (non-hydrogen) atoms. The van der Waals surface area contributed by atoms with Gasteiger partial charge in [0.1, 0.15) is 11.4 Å². The van der Waals surface area contributed by atoms with Gasteiger partial charge in [0.2, 0.25) is 5.88 Å². The van der Waals surface area contributed by atoms with E-state index in [1.54, 1.807) is 10.7 Å². The molecule has 0 unspecified atom stereocenters. The Hall–Kier alpha value is -2.37. The molecular weight excluding hydrogens is 541 g/mol. The van der Waals surface area contributed by atoms with Crippen molar-refractivity contribution in [1.29, 1.82) is 0 Å². The van der Waals surface area contributed by atoms with Crippen molar-refractivity contribution in [2.45, 2.75) is 45.3 Å². The van der Waals surface area contributed by atoms with Crippen LogP contribution in [0.1, 0.15) is 32.4 Å². The van der Waals surface area contributed by atoms with Crippen LogP contribution in [0.5, 0.6) is 5.88 Å². The predicted octanol–water partition coefficient (Wildman–Crippen LogP) is 6.64. The number of nitrogens with zero attached hydrogens (tertiary/aromatic N) is 4. The summed E-state index contributed by atoms with van der Waals surface area (Å²) in [5.74, 6) is 0.933. The van der Waals surface area contributed by atoms with E-state index in [4.69, 9.17) is 32.5 Å². The molecule has 4 aromatic rings. The molecule has 1 saturated heterocycles. The first-order valence-electron chi connectivity index (χ1n) is 11.6. The Kier molecular flexibility index (Phi) is 7.68. The van der Waals surface area contributed by atoms with Gasteiger partial charge in [-0.3, -0.25) is 0 Å². The summed E-state index contributed by atoms with van der Waals surface area (Å²) in [7, 11) is 0. The van der Waals surface area contributed by atoms with Crippen molar-refractivity contribution in [3.8, 4) is 27.1 Å². The lowest BCUT2D eigenvalue weighted by Gasteiger charge is -2.34. The van der Waals surface area contributed by atoms with Crippen molar-refractivity contribution in [3.63, 3.8) is 0 Å². The van der Waals surface area contributed by atoms with Crippen LogP contribution < -0.4 is 10.1 Å². The van der Waals surface area contributed by atoms with Crippen LogP contribution in [0.15, 0.2) is 40.9 Å². The Morgan fingerprint density at radius 2 is 1.83 bits per heavy atom. The monoisotopic (exact) mass is 565 g/mol.